The summed E-state index contributed by atoms with van der Waals surface area (Å²) in [5, 5.41) is 0.384. The second-order valence-electron chi connectivity index (χ2n) is 6.16. The Hall–Kier alpha value is -1.91. The minimum absolute atomic E-state index is 0.118. The molecule has 3 nitrogen and oxygen atoms in total. The average Bonchev–Trinajstić information content (AvgIpc) is 3.02. The van der Waals surface area contributed by atoms with Crippen molar-refractivity contribution in [1.29, 1.82) is 0 Å². The second-order valence-corrected chi connectivity index (χ2v) is 7.43. The number of thioether (sulfide) groups is 1. The maximum absolute atomic E-state index is 12.5. The highest BCUT2D eigenvalue weighted by molar-refractivity contribution is 8.14. The molecule has 1 heterocycles. The van der Waals surface area contributed by atoms with E-state index in [2.05, 4.69) is 4.90 Å². The van der Waals surface area contributed by atoms with Gasteiger partial charge < -0.3 is 0 Å². The van der Waals surface area contributed by atoms with Crippen molar-refractivity contribution in [3.05, 3.63) is 71.3 Å². The molecule has 124 valence electrons. The van der Waals surface area contributed by atoms with E-state index in [0.717, 1.165) is 36.2 Å². The lowest BCUT2D eigenvalue weighted by atomic mass is 10.0. The zero-order valence-electron chi connectivity index (χ0n) is 13.8. The summed E-state index contributed by atoms with van der Waals surface area (Å²) in [4.78, 5) is 26.9. The lowest BCUT2D eigenvalue weighted by Crippen LogP contribution is -2.28. The summed E-state index contributed by atoms with van der Waals surface area (Å²) < 4.78 is 0. The van der Waals surface area contributed by atoms with Crippen LogP contribution in [0, 0.1) is 6.92 Å². The van der Waals surface area contributed by atoms with E-state index >= 15 is 0 Å². The molecule has 0 saturated carbocycles. The molecule has 1 fully saturated rings. The molecule has 0 amide bonds. The van der Waals surface area contributed by atoms with Crippen LogP contribution in [-0.4, -0.2) is 40.7 Å². The second kappa shape index (κ2) is 7.77. The molecule has 24 heavy (non-hydrogen) atoms. The standard InChI is InChI=1S/C20H21NO2S/c1-15-7-5-6-10-18(15)19(22)14-21-12-11-17(13-21)24-20(23)16-8-3-2-4-9-16/h2-10,17H,11-14H2,1H3/t17-/m0/s1. The summed E-state index contributed by atoms with van der Waals surface area (Å²) in [6.07, 6.45) is 0.949. The van der Waals surface area contributed by atoms with Crippen LogP contribution in [0.15, 0.2) is 54.6 Å². The Kier molecular flexibility index (Phi) is 5.48. The van der Waals surface area contributed by atoms with Crippen molar-refractivity contribution >= 4 is 22.7 Å². The van der Waals surface area contributed by atoms with E-state index in [9.17, 15) is 9.59 Å². The van der Waals surface area contributed by atoms with Crippen LogP contribution >= 0.6 is 11.8 Å². The topological polar surface area (TPSA) is 37.4 Å². The summed E-state index contributed by atoms with van der Waals surface area (Å²) in [5.74, 6) is 0.160. The highest BCUT2D eigenvalue weighted by Gasteiger charge is 2.27. The zero-order valence-corrected chi connectivity index (χ0v) is 14.6. The fourth-order valence-electron chi connectivity index (χ4n) is 3.00. The molecule has 1 saturated heterocycles. The normalized spacial score (nSPS) is 17.8. The van der Waals surface area contributed by atoms with Crippen LogP contribution in [0.25, 0.3) is 0 Å². The van der Waals surface area contributed by atoms with Crippen molar-refractivity contribution in [3.63, 3.8) is 0 Å². The maximum Gasteiger partial charge on any atom is 0.219 e. The maximum atomic E-state index is 12.5. The van der Waals surface area contributed by atoms with E-state index < -0.39 is 0 Å². The van der Waals surface area contributed by atoms with Crippen LogP contribution in [0.4, 0.5) is 0 Å². The van der Waals surface area contributed by atoms with Crippen LogP contribution in [-0.2, 0) is 0 Å². The summed E-state index contributed by atoms with van der Waals surface area (Å²) >= 11 is 1.40. The molecule has 0 bridgehead atoms. The van der Waals surface area contributed by atoms with Crippen molar-refractivity contribution in [2.24, 2.45) is 0 Å². The largest absolute Gasteiger partial charge is 0.295 e. The van der Waals surface area contributed by atoms with Gasteiger partial charge >= 0.3 is 0 Å². The van der Waals surface area contributed by atoms with Gasteiger partial charge in [0, 0.05) is 22.9 Å². The first-order valence-corrected chi connectivity index (χ1v) is 9.08. The number of aryl methyl sites for hydroxylation is 1. The van der Waals surface area contributed by atoms with E-state index in [1.165, 1.54) is 11.8 Å². The predicted molar refractivity (Wildman–Crippen MR) is 98.7 cm³/mol. The van der Waals surface area contributed by atoms with Crippen LogP contribution in [0.2, 0.25) is 0 Å². The Labute approximate surface area is 147 Å². The smallest absolute Gasteiger partial charge is 0.219 e. The molecule has 0 aromatic heterocycles. The molecule has 4 heteroatoms. The van der Waals surface area contributed by atoms with Gasteiger partial charge in [-0.3, -0.25) is 14.5 Å². The third kappa shape index (κ3) is 4.13. The van der Waals surface area contributed by atoms with E-state index in [-0.39, 0.29) is 16.1 Å². The minimum Gasteiger partial charge on any atom is -0.295 e. The fourth-order valence-corrected chi connectivity index (χ4v) is 4.09. The zero-order chi connectivity index (χ0) is 16.9. The number of likely N-dealkylation sites (tertiary alicyclic amines) is 1. The van der Waals surface area contributed by atoms with Crippen LogP contribution in [0.1, 0.15) is 32.7 Å². The summed E-state index contributed by atoms with van der Waals surface area (Å²) in [6, 6.07) is 17.1. The average molecular weight is 339 g/mol. The van der Waals surface area contributed by atoms with Gasteiger partial charge in [-0.25, -0.2) is 0 Å². The van der Waals surface area contributed by atoms with Crippen LogP contribution < -0.4 is 0 Å². The molecule has 0 aliphatic carbocycles. The lowest BCUT2D eigenvalue weighted by molar-refractivity contribution is 0.0945. The van der Waals surface area contributed by atoms with Crippen molar-refractivity contribution in [2.45, 2.75) is 18.6 Å². The first-order chi connectivity index (χ1) is 11.6. The van der Waals surface area contributed by atoms with Gasteiger partial charge in [0.1, 0.15) is 0 Å². The first kappa shape index (κ1) is 16.9. The monoisotopic (exact) mass is 339 g/mol. The minimum atomic E-state index is 0.118. The van der Waals surface area contributed by atoms with Gasteiger partial charge in [-0.05, 0) is 25.5 Å². The Morgan fingerprint density at radius 1 is 1.08 bits per heavy atom. The molecule has 2 aromatic rings. The highest BCUT2D eigenvalue weighted by atomic mass is 32.2. The summed E-state index contributed by atoms with van der Waals surface area (Å²) in [5.41, 5.74) is 2.57. The summed E-state index contributed by atoms with van der Waals surface area (Å²) in [7, 11) is 0. The third-order valence-electron chi connectivity index (χ3n) is 4.33. The quantitative estimate of drug-likeness (QED) is 0.776. The molecule has 2 aromatic carbocycles. The molecule has 1 aliphatic heterocycles. The first-order valence-electron chi connectivity index (χ1n) is 8.20. The van der Waals surface area contributed by atoms with Gasteiger partial charge in [0.2, 0.25) is 5.12 Å². The Balaban J connectivity index is 1.53. The molecular formula is C20H21NO2S. The van der Waals surface area contributed by atoms with Crippen molar-refractivity contribution in [1.82, 2.24) is 4.90 Å². The predicted octanol–water partition coefficient (Wildman–Crippen LogP) is 3.83. The fraction of sp³-hybridized carbons (Fsp3) is 0.300. The van der Waals surface area contributed by atoms with E-state index in [1.807, 2.05) is 61.5 Å². The Morgan fingerprint density at radius 3 is 2.54 bits per heavy atom. The Bertz CT molecular complexity index is 729. The van der Waals surface area contributed by atoms with Crippen molar-refractivity contribution in [3.8, 4) is 0 Å². The number of ketones is 1. The molecule has 0 unspecified atom stereocenters. The number of Topliss-reactive ketones (excluding diaryl/α,β-unsaturated/α-hetero) is 1. The molecular weight excluding hydrogens is 318 g/mol. The van der Waals surface area contributed by atoms with Gasteiger partial charge in [-0.15, -0.1) is 0 Å². The lowest BCUT2D eigenvalue weighted by Gasteiger charge is -2.15. The SMILES string of the molecule is Cc1ccccc1C(=O)CN1CC[C@H](SC(=O)c2ccccc2)C1. The van der Waals surface area contributed by atoms with E-state index in [1.54, 1.807) is 0 Å². The number of hydrogen-bond donors (Lipinski definition) is 0. The van der Waals surface area contributed by atoms with Crippen LogP contribution in [0.3, 0.4) is 0 Å². The van der Waals surface area contributed by atoms with E-state index in [4.69, 9.17) is 0 Å². The number of nitrogens with zero attached hydrogens (tertiary/aromatic N) is 1. The highest BCUT2D eigenvalue weighted by Crippen LogP contribution is 2.26. The van der Waals surface area contributed by atoms with Gasteiger partial charge in [0.05, 0.1) is 6.54 Å². The molecule has 0 spiro atoms. The Morgan fingerprint density at radius 2 is 1.79 bits per heavy atom. The summed E-state index contributed by atoms with van der Waals surface area (Å²) in [6.45, 7) is 4.06. The van der Waals surface area contributed by atoms with Crippen LogP contribution in [0.5, 0.6) is 0 Å². The molecule has 0 radical (unpaired) electrons. The van der Waals surface area contributed by atoms with Gasteiger partial charge in [0.15, 0.2) is 5.78 Å². The van der Waals surface area contributed by atoms with Crippen molar-refractivity contribution in [2.75, 3.05) is 19.6 Å². The number of carbonyl (C=O) groups is 2. The number of carbonyl (C=O) groups excluding carboxylic acids is 2. The molecule has 3 rings (SSSR count). The van der Waals surface area contributed by atoms with E-state index in [0.29, 0.717) is 6.54 Å². The number of rotatable bonds is 5. The van der Waals surface area contributed by atoms with Gasteiger partial charge in [-0.1, -0.05) is 66.4 Å². The number of hydrogen-bond acceptors (Lipinski definition) is 4. The molecule has 0 N–H and O–H groups in total. The number of benzene rings is 2. The molecule has 1 atom stereocenters. The van der Waals surface area contributed by atoms with Gasteiger partial charge in [0.25, 0.3) is 0 Å². The molecule has 1 aliphatic rings. The van der Waals surface area contributed by atoms with Gasteiger partial charge in [-0.2, -0.15) is 0 Å². The third-order valence-corrected chi connectivity index (χ3v) is 5.49. The van der Waals surface area contributed by atoms with Crippen molar-refractivity contribution < 1.29 is 9.59 Å².